The van der Waals surface area contributed by atoms with Crippen molar-refractivity contribution in [2.75, 3.05) is 13.7 Å². The average Bonchev–Trinajstić information content (AvgIpc) is 2.75. The Balaban J connectivity index is 2.23. The van der Waals surface area contributed by atoms with Crippen LogP contribution in [0, 0.1) is 0 Å². The maximum Gasteiger partial charge on any atom is 0.347 e. The molecule has 1 saturated heterocycles. The van der Waals surface area contributed by atoms with Crippen molar-refractivity contribution >= 4 is 12.3 Å². The van der Waals surface area contributed by atoms with Gasteiger partial charge >= 0.3 is 5.97 Å². The van der Waals surface area contributed by atoms with Crippen LogP contribution in [0.2, 0.25) is 0 Å². The highest BCUT2D eigenvalue weighted by molar-refractivity contribution is 5.78. The molecule has 0 radical (unpaired) electrons. The number of benzene rings is 1. The van der Waals surface area contributed by atoms with E-state index in [2.05, 4.69) is 0 Å². The molecule has 2 rings (SSSR count). The Hall–Kier alpha value is -2.04. The van der Waals surface area contributed by atoms with Gasteiger partial charge in [0.1, 0.15) is 6.29 Å². The number of hydrogen-bond acceptors (Lipinski definition) is 5. The van der Waals surface area contributed by atoms with Crippen LogP contribution in [0.15, 0.2) is 18.2 Å². The third-order valence-corrected chi connectivity index (χ3v) is 2.48. The van der Waals surface area contributed by atoms with Gasteiger partial charge in [-0.3, -0.25) is 4.79 Å². The maximum atomic E-state index is 11.3. The monoisotopic (exact) mass is 236 g/mol. The van der Waals surface area contributed by atoms with E-state index >= 15 is 0 Å². The number of ether oxygens (including phenoxy) is 3. The summed E-state index contributed by atoms with van der Waals surface area (Å²) in [7, 11) is 1.50. The van der Waals surface area contributed by atoms with Crippen molar-refractivity contribution in [2.24, 2.45) is 0 Å². The molecule has 1 atom stereocenters. The van der Waals surface area contributed by atoms with Crippen molar-refractivity contribution in [1.29, 1.82) is 0 Å². The summed E-state index contributed by atoms with van der Waals surface area (Å²) >= 11 is 0. The minimum absolute atomic E-state index is 0.360. The Morgan fingerprint density at radius 2 is 2.24 bits per heavy atom. The Bertz CT molecular complexity index is 441. The second kappa shape index (κ2) is 4.86. The molecular weight excluding hydrogens is 224 g/mol. The van der Waals surface area contributed by atoms with E-state index < -0.39 is 6.10 Å². The number of methoxy groups -OCH3 is 1. The minimum atomic E-state index is -0.620. The van der Waals surface area contributed by atoms with E-state index in [0.717, 1.165) is 0 Å². The summed E-state index contributed by atoms with van der Waals surface area (Å²) in [6.07, 6.45) is 0.595. The molecule has 1 fully saturated rings. The predicted octanol–water partition coefficient (Wildman–Crippen LogP) is 1.20. The topological polar surface area (TPSA) is 61.8 Å². The maximum absolute atomic E-state index is 11.3. The van der Waals surface area contributed by atoms with E-state index in [1.807, 2.05) is 0 Å². The van der Waals surface area contributed by atoms with Crippen molar-refractivity contribution in [3.63, 3.8) is 0 Å². The summed E-state index contributed by atoms with van der Waals surface area (Å²) in [5, 5.41) is 0. The number of carbonyl (C=O) groups is 2. The highest BCUT2D eigenvalue weighted by atomic mass is 16.6. The van der Waals surface area contributed by atoms with Gasteiger partial charge in [0.25, 0.3) is 0 Å². The zero-order valence-electron chi connectivity index (χ0n) is 9.34. The van der Waals surface area contributed by atoms with Gasteiger partial charge in [-0.2, -0.15) is 0 Å². The number of hydrogen-bond donors (Lipinski definition) is 0. The van der Waals surface area contributed by atoms with Gasteiger partial charge in [0.2, 0.25) is 0 Å². The third-order valence-electron chi connectivity index (χ3n) is 2.48. The van der Waals surface area contributed by atoms with Crippen LogP contribution in [-0.4, -0.2) is 32.1 Å². The van der Waals surface area contributed by atoms with Gasteiger partial charge in [0.15, 0.2) is 17.6 Å². The number of cyclic esters (lactones) is 1. The first-order chi connectivity index (χ1) is 8.24. The lowest BCUT2D eigenvalue weighted by Gasteiger charge is -2.13. The molecule has 0 saturated carbocycles. The molecule has 1 aliphatic rings. The summed E-state index contributed by atoms with van der Waals surface area (Å²) in [4.78, 5) is 21.9. The quantitative estimate of drug-likeness (QED) is 0.580. The van der Waals surface area contributed by atoms with Gasteiger partial charge in [-0.15, -0.1) is 0 Å². The van der Waals surface area contributed by atoms with Gasteiger partial charge in [-0.05, 0) is 18.2 Å². The first-order valence-electron chi connectivity index (χ1n) is 5.21. The van der Waals surface area contributed by atoms with Gasteiger partial charge in [-0.1, -0.05) is 0 Å². The molecule has 1 aromatic carbocycles. The summed E-state index contributed by atoms with van der Waals surface area (Å²) in [5.41, 5.74) is 0.465. The van der Waals surface area contributed by atoms with Gasteiger partial charge in [0.05, 0.1) is 13.7 Å². The molecule has 0 aliphatic carbocycles. The Labute approximate surface area is 98.3 Å². The molecule has 0 amide bonds. The van der Waals surface area contributed by atoms with E-state index in [9.17, 15) is 9.59 Å². The van der Waals surface area contributed by atoms with Crippen LogP contribution < -0.4 is 9.47 Å². The summed E-state index contributed by atoms with van der Waals surface area (Å²) < 4.78 is 15.4. The van der Waals surface area contributed by atoms with Crippen LogP contribution in [0.4, 0.5) is 0 Å². The molecule has 1 heterocycles. The number of carbonyl (C=O) groups excluding carboxylic acids is 2. The lowest BCUT2D eigenvalue weighted by molar-refractivity contribution is -0.143. The Kier molecular flexibility index (Phi) is 3.27. The molecule has 1 aliphatic heterocycles. The highest BCUT2D eigenvalue weighted by Gasteiger charge is 2.29. The number of rotatable bonds is 4. The van der Waals surface area contributed by atoms with Crippen molar-refractivity contribution in [3.8, 4) is 11.5 Å². The van der Waals surface area contributed by atoms with E-state index in [1.165, 1.54) is 13.2 Å². The lowest BCUT2D eigenvalue weighted by atomic mass is 10.2. The molecule has 0 N–H and O–H groups in total. The van der Waals surface area contributed by atoms with Crippen LogP contribution >= 0.6 is 0 Å². The van der Waals surface area contributed by atoms with Crippen molar-refractivity contribution in [2.45, 2.75) is 12.5 Å². The largest absolute Gasteiger partial charge is 0.493 e. The fourth-order valence-electron chi connectivity index (χ4n) is 1.60. The van der Waals surface area contributed by atoms with E-state index in [1.54, 1.807) is 12.1 Å². The second-order valence-corrected chi connectivity index (χ2v) is 3.59. The summed E-state index contributed by atoms with van der Waals surface area (Å²) in [6.45, 7) is 0.360. The first-order valence-corrected chi connectivity index (χ1v) is 5.21. The van der Waals surface area contributed by atoms with Crippen molar-refractivity contribution in [3.05, 3.63) is 23.8 Å². The van der Waals surface area contributed by atoms with Crippen LogP contribution in [-0.2, 0) is 9.53 Å². The highest BCUT2D eigenvalue weighted by Crippen LogP contribution is 2.29. The zero-order chi connectivity index (χ0) is 12.3. The predicted molar refractivity (Wildman–Crippen MR) is 58.4 cm³/mol. The number of esters is 1. The zero-order valence-corrected chi connectivity index (χ0v) is 9.34. The molecular formula is C12H12O5. The fourth-order valence-corrected chi connectivity index (χ4v) is 1.60. The Morgan fingerprint density at radius 3 is 2.82 bits per heavy atom. The molecule has 1 unspecified atom stereocenters. The second-order valence-electron chi connectivity index (χ2n) is 3.59. The smallest absolute Gasteiger partial charge is 0.347 e. The molecule has 90 valence electrons. The van der Waals surface area contributed by atoms with Gasteiger partial charge in [-0.25, -0.2) is 4.79 Å². The Morgan fingerprint density at radius 1 is 1.41 bits per heavy atom. The molecule has 0 spiro atoms. The van der Waals surface area contributed by atoms with Gasteiger partial charge in [0, 0.05) is 12.0 Å². The van der Waals surface area contributed by atoms with Crippen molar-refractivity contribution < 1.29 is 23.8 Å². The minimum Gasteiger partial charge on any atom is -0.493 e. The average molecular weight is 236 g/mol. The molecule has 1 aromatic rings. The van der Waals surface area contributed by atoms with Crippen LogP contribution in [0.5, 0.6) is 11.5 Å². The fraction of sp³-hybridized carbons (Fsp3) is 0.333. The van der Waals surface area contributed by atoms with Gasteiger partial charge < -0.3 is 14.2 Å². The van der Waals surface area contributed by atoms with Crippen LogP contribution in [0.3, 0.4) is 0 Å². The van der Waals surface area contributed by atoms with E-state index in [0.29, 0.717) is 36.4 Å². The third kappa shape index (κ3) is 2.38. The molecule has 5 heteroatoms. The number of aldehydes is 1. The molecule has 0 bridgehead atoms. The van der Waals surface area contributed by atoms with Crippen LogP contribution in [0.25, 0.3) is 0 Å². The lowest BCUT2D eigenvalue weighted by Crippen LogP contribution is -2.22. The molecule has 5 nitrogen and oxygen atoms in total. The molecule has 17 heavy (non-hydrogen) atoms. The van der Waals surface area contributed by atoms with E-state index in [-0.39, 0.29) is 5.97 Å². The SMILES string of the molecule is COc1ccc(C=O)cc1OC1CCOC1=O. The summed E-state index contributed by atoms with van der Waals surface area (Å²) in [5.74, 6) is 0.472. The standard InChI is InChI=1S/C12H12O5/c1-15-9-3-2-8(7-13)6-11(9)17-10-4-5-16-12(10)14/h2-3,6-7,10H,4-5H2,1H3. The van der Waals surface area contributed by atoms with Crippen LogP contribution in [0.1, 0.15) is 16.8 Å². The van der Waals surface area contributed by atoms with E-state index in [4.69, 9.17) is 14.2 Å². The molecule has 0 aromatic heterocycles. The first kappa shape index (κ1) is 11.4. The normalized spacial score (nSPS) is 18.6. The summed E-state index contributed by atoms with van der Waals surface area (Å²) in [6, 6.07) is 4.78. The van der Waals surface area contributed by atoms with Crippen molar-refractivity contribution in [1.82, 2.24) is 0 Å².